The van der Waals surface area contributed by atoms with Gasteiger partial charge in [0.15, 0.2) is 11.5 Å². The largest absolute Gasteiger partial charge is 0.493 e. The molecule has 0 radical (unpaired) electrons. The van der Waals surface area contributed by atoms with E-state index in [0.717, 1.165) is 31.5 Å². The molecule has 5 nitrogen and oxygen atoms in total. The van der Waals surface area contributed by atoms with Crippen LogP contribution in [0.3, 0.4) is 0 Å². The maximum absolute atomic E-state index is 12.4. The standard InChI is InChI=1S/C16H24N2O3/c1-18(16(19)13-6-8-17-9-7-13)11-12-4-5-14(20-2)15(10-12)21-3/h4-5,10,13,17H,6-9,11H2,1-3H3. The zero-order valence-corrected chi connectivity index (χ0v) is 13.0. The van der Waals surface area contributed by atoms with Crippen LogP contribution in [0.2, 0.25) is 0 Å². The Bertz CT molecular complexity index is 484. The second kappa shape index (κ2) is 7.31. The van der Waals surface area contributed by atoms with Crippen LogP contribution in [0.5, 0.6) is 11.5 Å². The molecule has 0 atom stereocenters. The molecule has 1 amide bonds. The number of nitrogens with one attached hydrogen (secondary N) is 1. The molecule has 1 saturated heterocycles. The highest BCUT2D eigenvalue weighted by Gasteiger charge is 2.24. The van der Waals surface area contributed by atoms with Gasteiger partial charge in [-0.15, -0.1) is 0 Å². The van der Waals surface area contributed by atoms with Crippen molar-refractivity contribution in [2.24, 2.45) is 5.92 Å². The summed E-state index contributed by atoms with van der Waals surface area (Å²) in [7, 11) is 5.09. The van der Waals surface area contributed by atoms with E-state index in [1.54, 1.807) is 19.1 Å². The third-order valence-corrected chi connectivity index (χ3v) is 3.93. The first kappa shape index (κ1) is 15.6. The summed E-state index contributed by atoms with van der Waals surface area (Å²) < 4.78 is 10.5. The first-order valence-electron chi connectivity index (χ1n) is 7.32. The van der Waals surface area contributed by atoms with Crippen molar-refractivity contribution in [2.45, 2.75) is 19.4 Å². The second-order valence-corrected chi connectivity index (χ2v) is 5.41. The lowest BCUT2D eigenvalue weighted by atomic mass is 9.96. The molecular formula is C16H24N2O3. The van der Waals surface area contributed by atoms with Gasteiger partial charge in [-0.1, -0.05) is 6.07 Å². The van der Waals surface area contributed by atoms with Crippen molar-refractivity contribution in [2.75, 3.05) is 34.4 Å². The van der Waals surface area contributed by atoms with Crippen LogP contribution >= 0.6 is 0 Å². The Kier molecular flexibility index (Phi) is 5.44. The van der Waals surface area contributed by atoms with Crippen LogP contribution in [0.1, 0.15) is 18.4 Å². The Morgan fingerprint density at radius 1 is 1.24 bits per heavy atom. The number of rotatable bonds is 5. The lowest BCUT2D eigenvalue weighted by Crippen LogP contribution is -2.38. The first-order valence-corrected chi connectivity index (χ1v) is 7.32. The molecule has 1 aromatic rings. The summed E-state index contributed by atoms with van der Waals surface area (Å²) in [6.07, 6.45) is 1.85. The average molecular weight is 292 g/mol. The lowest BCUT2D eigenvalue weighted by Gasteiger charge is -2.27. The summed E-state index contributed by atoms with van der Waals surface area (Å²) in [5.74, 6) is 1.77. The van der Waals surface area contributed by atoms with Crippen LogP contribution in [0.15, 0.2) is 18.2 Å². The molecule has 0 bridgehead atoms. The summed E-state index contributed by atoms with van der Waals surface area (Å²) >= 11 is 0. The highest BCUT2D eigenvalue weighted by molar-refractivity contribution is 5.78. The van der Waals surface area contributed by atoms with Crippen molar-refractivity contribution >= 4 is 5.91 Å². The van der Waals surface area contributed by atoms with Crippen molar-refractivity contribution in [3.63, 3.8) is 0 Å². The molecule has 1 fully saturated rings. The number of ether oxygens (including phenoxy) is 2. The van der Waals surface area contributed by atoms with E-state index in [4.69, 9.17) is 9.47 Å². The van der Waals surface area contributed by atoms with E-state index >= 15 is 0 Å². The highest BCUT2D eigenvalue weighted by Crippen LogP contribution is 2.28. The van der Waals surface area contributed by atoms with E-state index in [2.05, 4.69) is 5.32 Å². The number of piperidine rings is 1. The summed E-state index contributed by atoms with van der Waals surface area (Å²) in [6.45, 7) is 2.45. The molecule has 1 aromatic carbocycles. The Morgan fingerprint density at radius 2 is 1.90 bits per heavy atom. The smallest absolute Gasteiger partial charge is 0.225 e. The maximum atomic E-state index is 12.4. The second-order valence-electron chi connectivity index (χ2n) is 5.41. The SMILES string of the molecule is COc1ccc(CN(C)C(=O)C2CCNCC2)cc1OC. The molecule has 1 N–H and O–H groups in total. The normalized spacial score (nSPS) is 15.6. The van der Waals surface area contributed by atoms with E-state index in [1.165, 1.54) is 0 Å². The molecule has 21 heavy (non-hydrogen) atoms. The van der Waals surface area contributed by atoms with E-state index in [9.17, 15) is 4.79 Å². The minimum Gasteiger partial charge on any atom is -0.493 e. The van der Waals surface area contributed by atoms with Crippen LogP contribution < -0.4 is 14.8 Å². The van der Waals surface area contributed by atoms with Crippen molar-refractivity contribution < 1.29 is 14.3 Å². The molecule has 0 spiro atoms. The Morgan fingerprint density at radius 3 is 2.52 bits per heavy atom. The van der Waals surface area contributed by atoms with Gasteiger partial charge in [0.05, 0.1) is 14.2 Å². The van der Waals surface area contributed by atoms with Crippen LogP contribution in [0.4, 0.5) is 0 Å². The number of hydrogen-bond acceptors (Lipinski definition) is 4. The van der Waals surface area contributed by atoms with Gasteiger partial charge in [0.1, 0.15) is 0 Å². The summed E-state index contributed by atoms with van der Waals surface area (Å²) in [5, 5.41) is 3.28. The van der Waals surface area contributed by atoms with Gasteiger partial charge in [-0.25, -0.2) is 0 Å². The average Bonchev–Trinajstić information content (AvgIpc) is 2.54. The van der Waals surface area contributed by atoms with Gasteiger partial charge in [0.2, 0.25) is 5.91 Å². The Hall–Kier alpha value is -1.75. The molecule has 1 aliphatic rings. The molecule has 0 aromatic heterocycles. The van der Waals surface area contributed by atoms with Gasteiger partial charge in [0, 0.05) is 19.5 Å². The molecule has 0 aliphatic carbocycles. The van der Waals surface area contributed by atoms with Crippen molar-refractivity contribution in [3.8, 4) is 11.5 Å². The monoisotopic (exact) mass is 292 g/mol. The maximum Gasteiger partial charge on any atom is 0.225 e. The molecule has 0 saturated carbocycles. The summed E-state index contributed by atoms with van der Waals surface area (Å²) in [4.78, 5) is 14.2. The Balaban J connectivity index is 2.01. The van der Waals surface area contributed by atoms with Crippen molar-refractivity contribution in [1.29, 1.82) is 0 Å². The molecule has 1 aliphatic heterocycles. The molecule has 1 heterocycles. The fraction of sp³-hybridized carbons (Fsp3) is 0.562. The van der Waals surface area contributed by atoms with Gasteiger partial charge in [0.25, 0.3) is 0 Å². The highest BCUT2D eigenvalue weighted by atomic mass is 16.5. The van der Waals surface area contributed by atoms with E-state index in [0.29, 0.717) is 18.0 Å². The fourth-order valence-electron chi connectivity index (χ4n) is 2.71. The molecule has 0 unspecified atom stereocenters. The quantitative estimate of drug-likeness (QED) is 0.897. The van der Waals surface area contributed by atoms with Crippen LogP contribution in [-0.4, -0.2) is 45.2 Å². The van der Waals surface area contributed by atoms with Crippen molar-refractivity contribution in [1.82, 2.24) is 10.2 Å². The molecule has 116 valence electrons. The van der Waals surface area contributed by atoms with Gasteiger partial charge >= 0.3 is 0 Å². The number of carbonyl (C=O) groups is 1. The molecule has 2 rings (SSSR count). The molecule has 5 heteroatoms. The van der Waals surface area contributed by atoms with E-state index in [-0.39, 0.29) is 11.8 Å². The van der Waals surface area contributed by atoms with E-state index in [1.807, 2.05) is 25.2 Å². The van der Waals surface area contributed by atoms with Crippen LogP contribution in [-0.2, 0) is 11.3 Å². The summed E-state index contributed by atoms with van der Waals surface area (Å²) in [5.41, 5.74) is 1.04. The predicted molar refractivity (Wildman–Crippen MR) is 81.6 cm³/mol. The minimum atomic E-state index is 0.149. The van der Waals surface area contributed by atoms with Crippen LogP contribution in [0, 0.1) is 5.92 Å². The van der Waals surface area contributed by atoms with Gasteiger partial charge in [-0.05, 0) is 43.6 Å². The molecular weight excluding hydrogens is 268 g/mol. The third-order valence-electron chi connectivity index (χ3n) is 3.93. The number of amides is 1. The fourth-order valence-corrected chi connectivity index (χ4v) is 2.71. The van der Waals surface area contributed by atoms with E-state index < -0.39 is 0 Å². The van der Waals surface area contributed by atoms with Gasteiger partial charge < -0.3 is 19.7 Å². The first-order chi connectivity index (χ1) is 10.2. The zero-order chi connectivity index (χ0) is 15.2. The number of hydrogen-bond donors (Lipinski definition) is 1. The lowest BCUT2D eigenvalue weighted by molar-refractivity contribution is -0.135. The van der Waals surface area contributed by atoms with Gasteiger partial charge in [-0.3, -0.25) is 4.79 Å². The Labute approximate surface area is 126 Å². The number of nitrogens with zero attached hydrogens (tertiary/aromatic N) is 1. The van der Waals surface area contributed by atoms with Crippen molar-refractivity contribution in [3.05, 3.63) is 23.8 Å². The minimum absolute atomic E-state index is 0.149. The topological polar surface area (TPSA) is 50.8 Å². The zero-order valence-electron chi connectivity index (χ0n) is 13.0. The number of benzene rings is 1. The van der Waals surface area contributed by atoms with Gasteiger partial charge in [-0.2, -0.15) is 0 Å². The predicted octanol–water partition coefficient (Wildman–Crippen LogP) is 1.66. The van der Waals surface area contributed by atoms with Crippen LogP contribution in [0.25, 0.3) is 0 Å². The number of carbonyl (C=O) groups excluding carboxylic acids is 1. The number of methoxy groups -OCH3 is 2. The summed E-state index contributed by atoms with van der Waals surface area (Å²) in [6, 6.07) is 5.76. The third kappa shape index (κ3) is 3.88.